The molecule has 1 aliphatic rings. The molecule has 7 heteroatoms. The highest BCUT2D eigenvalue weighted by Crippen LogP contribution is 2.21. The third kappa shape index (κ3) is 4.24. The van der Waals surface area contributed by atoms with E-state index in [2.05, 4.69) is 10.0 Å². The molecule has 0 atom stereocenters. The molecule has 0 heterocycles. The summed E-state index contributed by atoms with van der Waals surface area (Å²) in [6.45, 7) is 0. The molecule has 0 spiro atoms. The summed E-state index contributed by atoms with van der Waals surface area (Å²) < 4.78 is 41.3. The van der Waals surface area contributed by atoms with Gasteiger partial charge in [0, 0.05) is 11.6 Å². The molecule has 1 aliphatic carbocycles. The van der Waals surface area contributed by atoms with Gasteiger partial charge >= 0.3 is 0 Å². The van der Waals surface area contributed by atoms with E-state index < -0.39 is 21.7 Å². The van der Waals surface area contributed by atoms with Crippen molar-refractivity contribution in [2.75, 3.05) is 5.32 Å². The van der Waals surface area contributed by atoms with Gasteiger partial charge in [-0.15, -0.1) is 0 Å². The van der Waals surface area contributed by atoms with Gasteiger partial charge in [-0.2, -0.15) is 0 Å². The molecule has 1 amide bonds. The van der Waals surface area contributed by atoms with Gasteiger partial charge in [0.25, 0.3) is 5.91 Å². The number of amides is 1. The standard InChI is InChI=1S/C18H19FN2O3S/c19-16-10-3-4-11-17(16)20-18(22)13-6-5-9-15(12-13)25(23,24)21-14-7-1-2-8-14/h3-6,9-12,14,21H,1-2,7-8H2,(H,20,22). The molecule has 0 aliphatic heterocycles. The van der Waals surface area contributed by atoms with Crippen molar-refractivity contribution in [2.45, 2.75) is 36.6 Å². The first-order valence-corrected chi connectivity index (χ1v) is 9.62. The van der Waals surface area contributed by atoms with Crippen LogP contribution in [-0.4, -0.2) is 20.4 Å². The van der Waals surface area contributed by atoms with E-state index in [1.807, 2.05) is 0 Å². The van der Waals surface area contributed by atoms with Crippen LogP contribution in [0, 0.1) is 5.82 Å². The van der Waals surface area contributed by atoms with Crippen LogP contribution in [0.1, 0.15) is 36.0 Å². The topological polar surface area (TPSA) is 75.3 Å². The Labute approximate surface area is 146 Å². The number of sulfonamides is 1. The molecule has 132 valence electrons. The van der Waals surface area contributed by atoms with E-state index in [1.54, 1.807) is 6.07 Å². The average Bonchev–Trinajstić information content (AvgIpc) is 3.09. The Morgan fingerprint density at radius 1 is 1.04 bits per heavy atom. The lowest BCUT2D eigenvalue weighted by atomic mass is 10.2. The number of halogens is 1. The maximum atomic E-state index is 13.6. The van der Waals surface area contributed by atoms with Crippen molar-refractivity contribution >= 4 is 21.6 Å². The lowest BCUT2D eigenvalue weighted by molar-refractivity contribution is 0.102. The fourth-order valence-electron chi connectivity index (χ4n) is 2.89. The first kappa shape index (κ1) is 17.6. The van der Waals surface area contributed by atoms with Crippen LogP contribution in [0.15, 0.2) is 53.4 Å². The number of hydrogen-bond acceptors (Lipinski definition) is 3. The molecule has 2 aromatic carbocycles. The smallest absolute Gasteiger partial charge is 0.255 e. The Hall–Kier alpha value is -2.25. The van der Waals surface area contributed by atoms with Crippen molar-refractivity contribution in [3.05, 3.63) is 59.9 Å². The normalized spacial score (nSPS) is 15.2. The van der Waals surface area contributed by atoms with Crippen LogP contribution in [-0.2, 0) is 10.0 Å². The predicted octanol–water partition coefficient (Wildman–Crippen LogP) is 3.30. The SMILES string of the molecule is O=C(Nc1ccccc1F)c1cccc(S(=O)(=O)NC2CCCC2)c1. The fourth-order valence-corrected chi connectivity index (χ4v) is 4.24. The van der Waals surface area contributed by atoms with Gasteiger partial charge in [0.15, 0.2) is 0 Å². The third-order valence-corrected chi connectivity index (χ3v) is 5.72. The fraction of sp³-hybridized carbons (Fsp3) is 0.278. The van der Waals surface area contributed by atoms with E-state index in [0.29, 0.717) is 0 Å². The second-order valence-corrected chi connectivity index (χ2v) is 7.78. The molecule has 2 aromatic rings. The van der Waals surface area contributed by atoms with Gasteiger partial charge in [0.2, 0.25) is 10.0 Å². The van der Waals surface area contributed by atoms with Crippen molar-refractivity contribution in [3.63, 3.8) is 0 Å². The number of carbonyl (C=O) groups excluding carboxylic acids is 1. The van der Waals surface area contributed by atoms with Crippen LogP contribution < -0.4 is 10.0 Å². The van der Waals surface area contributed by atoms with Gasteiger partial charge < -0.3 is 5.32 Å². The van der Waals surface area contributed by atoms with Gasteiger partial charge in [0.1, 0.15) is 5.82 Å². The van der Waals surface area contributed by atoms with Gasteiger partial charge in [0.05, 0.1) is 10.6 Å². The lowest BCUT2D eigenvalue weighted by Crippen LogP contribution is -2.32. The molecule has 0 radical (unpaired) electrons. The highest BCUT2D eigenvalue weighted by molar-refractivity contribution is 7.89. The van der Waals surface area contributed by atoms with E-state index in [4.69, 9.17) is 0 Å². The molecule has 0 aromatic heterocycles. The van der Waals surface area contributed by atoms with Gasteiger partial charge in [-0.05, 0) is 43.2 Å². The summed E-state index contributed by atoms with van der Waals surface area (Å²) >= 11 is 0. The summed E-state index contributed by atoms with van der Waals surface area (Å²) in [5, 5.41) is 2.45. The highest BCUT2D eigenvalue weighted by atomic mass is 32.2. The summed E-state index contributed by atoms with van der Waals surface area (Å²) in [6.07, 6.45) is 3.68. The number of rotatable bonds is 5. The summed E-state index contributed by atoms with van der Waals surface area (Å²) in [5.74, 6) is -1.12. The second-order valence-electron chi connectivity index (χ2n) is 6.06. The van der Waals surface area contributed by atoms with Gasteiger partial charge in [-0.3, -0.25) is 4.79 Å². The molecular formula is C18H19FN2O3S. The van der Waals surface area contributed by atoms with Crippen molar-refractivity contribution < 1.29 is 17.6 Å². The molecule has 0 saturated heterocycles. The summed E-state index contributed by atoms with van der Waals surface area (Å²) in [5.41, 5.74) is 0.197. The van der Waals surface area contributed by atoms with E-state index in [-0.39, 0.29) is 22.2 Å². The van der Waals surface area contributed by atoms with Crippen LogP contribution in [0.4, 0.5) is 10.1 Å². The Morgan fingerprint density at radius 2 is 1.76 bits per heavy atom. The number of hydrogen-bond donors (Lipinski definition) is 2. The molecule has 1 fully saturated rings. The summed E-state index contributed by atoms with van der Waals surface area (Å²) in [4.78, 5) is 12.3. The van der Waals surface area contributed by atoms with Crippen molar-refractivity contribution in [2.24, 2.45) is 0 Å². The zero-order chi connectivity index (χ0) is 17.9. The summed E-state index contributed by atoms with van der Waals surface area (Å²) in [6, 6.07) is 11.5. The Kier molecular flexibility index (Phi) is 5.15. The zero-order valence-corrected chi connectivity index (χ0v) is 14.4. The summed E-state index contributed by atoms with van der Waals surface area (Å²) in [7, 11) is -3.68. The van der Waals surface area contributed by atoms with Gasteiger partial charge in [-0.1, -0.05) is 31.0 Å². The largest absolute Gasteiger partial charge is 0.319 e. The highest BCUT2D eigenvalue weighted by Gasteiger charge is 2.23. The molecule has 5 nitrogen and oxygen atoms in total. The predicted molar refractivity (Wildman–Crippen MR) is 93.4 cm³/mol. The molecule has 0 bridgehead atoms. The number of para-hydroxylation sites is 1. The number of anilines is 1. The first-order chi connectivity index (χ1) is 12.0. The number of nitrogens with one attached hydrogen (secondary N) is 2. The molecule has 3 rings (SSSR count). The van der Waals surface area contributed by atoms with Crippen LogP contribution in [0.25, 0.3) is 0 Å². The zero-order valence-electron chi connectivity index (χ0n) is 13.5. The minimum Gasteiger partial charge on any atom is -0.319 e. The third-order valence-electron chi connectivity index (χ3n) is 4.21. The maximum Gasteiger partial charge on any atom is 0.255 e. The molecule has 0 unspecified atom stereocenters. The van der Waals surface area contributed by atoms with Crippen LogP contribution in [0.2, 0.25) is 0 Å². The van der Waals surface area contributed by atoms with E-state index in [0.717, 1.165) is 25.7 Å². The first-order valence-electron chi connectivity index (χ1n) is 8.14. The quantitative estimate of drug-likeness (QED) is 0.857. The van der Waals surface area contributed by atoms with Crippen LogP contribution >= 0.6 is 0 Å². The van der Waals surface area contributed by atoms with E-state index in [1.165, 1.54) is 42.5 Å². The maximum absolute atomic E-state index is 13.6. The average molecular weight is 362 g/mol. The van der Waals surface area contributed by atoms with Gasteiger partial charge in [-0.25, -0.2) is 17.5 Å². The molecule has 2 N–H and O–H groups in total. The number of carbonyl (C=O) groups is 1. The Bertz CT molecular complexity index is 877. The Balaban J connectivity index is 1.78. The Morgan fingerprint density at radius 3 is 2.48 bits per heavy atom. The van der Waals surface area contributed by atoms with Crippen LogP contribution in [0.5, 0.6) is 0 Å². The minimum absolute atomic E-state index is 0.0283. The minimum atomic E-state index is -3.68. The second kappa shape index (κ2) is 7.33. The van der Waals surface area contributed by atoms with E-state index in [9.17, 15) is 17.6 Å². The van der Waals surface area contributed by atoms with Crippen molar-refractivity contribution in [3.8, 4) is 0 Å². The van der Waals surface area contributed by atoms with E-state index >= 15 is 0 Å². The number of benzene rings is 2. The van der Waals surface area contributed by atoms with Crippen molar-refractivity contribution in [1.82, 2.24) is 4.72 Å². The monoisotopic (exact) mass is 362 g/mol. The molecular weight excluding hydrogens is 343 g/mol. The van der Waals surface area contributed by atoms with Crippen molar-refractivity contribution in [1.29, 1.82) is 0 Å². The lowest BCUT2D eigenvalue weighted by Gasteiger charge is -2.13. The molecule has 1 saturated carbocycles. The van der Waals surface area contributed by atoms with Crippen LogP contribution in [0.3, 0.4) is 0 Å². The molecule has 25 heavy (non-hydrogen) atoms.